The Morgan fingerprint density at radius 2 is 2.00 bits per heavy atom. The molecule has 26 heavy (non-hydrogen) atoms. The molecular weight excluding hydrogens is 381 g/mol. The van der Waals surface area contributed by atoms with Crippen molar-refractivity contribution < 1.29 is 42.1 Å². The van der Waals surface area contributed by atoms with Gasteiger partial charge in [0.05, 0.1) is 13.2 Å². The lowest BCUT2D eigenvalue weighted by Crippen LogP contribution is -2.41. The Kier molecular flexibility index (Phi) is 6.48. The number of aliphatic hydroxyl groups excluding tert-OH is 1. The van der Waals surface area contributed by atoms with Crippen molar-refractivity contribution >= 4 is 7.60 Å². The van der Waals surface area contributed by atoms with Gasteiger partial charge in [0.25, 0.3) is 0 Å². The van der Waals surface area contributed by atoms with E-state index in [2.05, 4.69) is 4.98 Å². The summed E-state index contributed by atoms with van der Waals surface area (Å²) in [5.74, 6) is -4.58. The van der Waals surface area contributed by atoms with Crippen LogP contribution in [-0.4, -0.2) is 57.6 Å². The summed E-state index contributed by atoms with van der Waals surface area (Å²) in [6, 6.07) is 0.903. The van der Waals surface area contributed by atoms with Crippen molar-refractivity contribution in [3.8, 4) is 5.88 Å². The lowest BCUT2D eigenvalue weighted by atomic mass is 10.2. The number of rotatable bonds is 8. The first kappa shape index (κ1) is 20.9. The number of ether oxygens (including phenoxy) is 2. The largest absolute Gasteiger partial charge is 0.493 e. The van der Waals surface area contributed by atoms with E-state index < -0.39 is 50.1 Å². The van der Waals surface area contributed by atoms with Gasteiger partial charge in [0.1, 0.15) is 0 Å². The zero-order valence-corrected chi connectivity index (χ0v) is 14.8. The average Bonchev–Trinajstić information content (AvgIpc) is 2.77. The number of aromatic hydroxyl groups is 1. The molecule has 1 aromatic rings. The highest BCUT2D eigenvalue weighted by Crippen LogP contribution is 2.50. The molecule has 0 spiro atoms. The summed E-state index contributed by atoms with van der Waals surface area (Å²) in [6.07, 6.45) is -6.48. The average molecular weight is 400 g/mol. The van der Waals surface area contributed by atoms with Crippen LogP contribution < -0.4 is 5.69 Å². The molecule has 10 nitrogen and oxygen atoms in total. The predicted molar refractivity (Wildman–Crippen MR) is 81.8 cm³/mol. The SMILES string of the molecule is CCOP(=O)(COC1OC(n2ccc(O)nc2=O)C(F)(F)C1O)OCC. The number of hydrogen-bond acceptors (Lipinski definition) is 9. The Morgan fingerprint density at radius 1 is 1.38 bits per heavy atom. The maximum Gasteiger partial charge on any atom is 0.356 e. The van der Waals surface area contributed by atoms with Crippen molar-refractivity contribution in [3.63, 3.8) is 0 Å². The number of halogens is 2. The molecule has 13 heteroatoms. The summed E-state index contributed by atoms with van der Waals surface area (Å²) in [7, 11) is -3.72. The topological polar surface area (TPSA) is 129 Å². The quantitative estimate of drug-likeness (QED) is 0.615. The molecule has 3 atom stereocenters. The standard InChI is InChI=1S/C13H19F2N2O8P/c1-3-23-26(21,24-4-2)7-22-10-9(19)13(14,15)11(25-10)17-6-5-8(18)16-12(17)20/h5-6,9-11,19H,3-4,7H2,1-2H3,(H,16,18,20). The van der Waals surface area contributed by atoms with E-state index in [4.69, 9.17) is 23.6 Å². The smallest absolute Gasteiger partial charge is 0.356 e. The molecule has 0 aliphatic carbocycles. The highest BCUT2D eigenvalue weighted by molar-refractivity contribution is 7.53. The molecule has 0 amide bonds. The monoisotopic (exact) mass is 400 g/mol. The normalized spacial score (nSPS) is 25.5. The Balaban J connectivity index is 2.17. The minimum Gasteiger partial charge on any atom is -0.493 e. The molecule has 0 saturated carbocycles. The third-order valence-corrected chi connectivity index (χ3v) is 5.13. The Bertz CT molecular complexity index is 720. The maximum absolute atomic E-state index is 14.3. The third-order valence-electron chi connectivity index (χ3n) is 3.36. The van der Waals surface area contributed by atoms with Gasteiger partial charge in [-0.1, -0.05) is 0 Å². The summed E-state index contributed by atoms with van der Waals surface area (Å²) in [5.41, 5.74) is -1.21. The molecule has 148 valence electrons. The van der Waals surface area contributed by atoms with Crippen LogP contribution in [0.4, 0.5) is 8.78 Å². The fourth-order valence-electron chi connectivity index (χ4n) is 2.25. The number of nitrogens with zero attached hydrogens (tertiary/aromatic N) is 2. The molecule has 1 aliphatic heterocycles. The number of aromatic nitrogens is 2. The van der Waals surface area contributed by atoms with Crippen LogP contribution in [0.1, 0.15) is 20.1 Å². The number of aliphatic hydroxyl groups is 1. The lowest BCUT2D eigenvalue weighted by Gasteiger charge is -2.21. The minimum absolute atomic E-state index is 0.0298. The second kappa shape index (κ2) is 8.07. The van der Waals surface area contributed by atoms with Crippen LogP contribution in [0.3, 0.4) is 0 Å². The van der Waals surface area contributed by atoms with Crippen LogP contribution in [0.25, 0.3) is 0 Å². The van der Waals surface area contributed by atoms with Gasteiger partial charge in [0.15, 0.2) is 18.7 Å². The highest BCUT2D eigenvalue weighted by Gasteiger charge is 2.60. The first-order valence-corrected chi connectivity index (χ1v) is 9.36. The second-order valence-corrected chi connectivity index (χ2v) is 7.19. The van der Waals surface area contributed by atoms with Gasteiger partial charge in [-0.3, -0.25) is 9.13 Å². The van der Waals surface area contributed by atoms with Crippen LogP contribution >= 0.6 is 7.60 Å². The van der Waals surface area contributed by atoms with E-state index in [0.29, 0.717) is 4.57 Å². The van der Waals surface area contributed by atoms with Gasteiger partial charge in [0, 0.05) is 12.3 Å². The van der Waals surface area contributed by atoms with E-state index in [1.54, 1.807) is 13.8 Å². The molecule has 1 saturated heterocycles. The lowest BCUT2D eigenvalue weighted by molar-refractivity contribution is -0.170. The molecule has 2 heterocycles. The van der Waals surface area contributed by atoms with Crippen LogP contribution in [0.2, 0.25) is 0 Å². The molecule has 2 rings (SSSR count). The van der Waals surface area contributed by atoms with Crippen LogP contribution in [0.15, 0.2) is 17.1 Å². The number of hydrogen-bond donors (Lipinski definition) is 2. The summed E-state index contributed by atoms with van der Waals surface area (Å²) in [5, 5.41) is 18.9. The van der Waals surface area contributed by atoms with Gasteiger partial charge < -0.3 is 28.7 Å². The zero-order chi connectivity index (χ0) is 19.5. The van der Waals surface area contributed by atoms with Crippen LogP contribution in [0.5, 0.6) is 5.88 Å². The Morgan fingerprint density at radius 3 is 2.54 bits per heavy atom. The highest BCUT2D eigenvalue weighted by atomic mass is 31.2. The van der Waals surface area contributed by atoms with Crippen LogP contribution in [-0.2, 0) is 23.1 Å². The van der Waals surface area contributed by atoms with Gasteiger partial charge in [-0.2, -0.15) is 13.8 Å². The molecule has 0 radical (unpaired) electrons. The van der Waals surface area contributed by atoms with E-state index in [1.807, 2.05) is 0 Å². The third kappa shape index (κ3) is 4.27. The first-order chi connectivity index (χ1) is 12.1. The van der Waals surface area contributed by atoms with Gasteiger partial charge >= 0.3 is 19.2 Å². The second-order valence-electron chi connectivity index (χ2n) is 5.19. The van der Waals surface area contributed by atoms with E-state index in [-0.39, 0.29) is 13.2 Å². The molecule has 2 N–H and O–H groups in total. The Hall–Kier alpha value is -1.43. The molecule has 0 aromatic carbocycles. The van der Waals surface area contributed by atoms with Crippen molar-refractivity contribution in [2.75, 3.05) is 19.6 Å². The van der Waals surface area contributed by atoms with Crippen molar-refractivity contribution in [1.82, 2.24) is 9.55 Å². The van der Waals surface area contributed by atoms with Crippen molar-refractivity contribution in [2.45, 2.75) is 38.4 Å². The fourth-order valence-corrected chi connectivity index (χ4v) is 3.59. The van der Waals surface area contributed by atoms with E-state index in [1.165, 1.54) is 0 Å². The van der Waals surface area contributed by atoms with E-state index in [9.17, 15) is 23.2 Å². The van der Waals surface area contributed by atoms with Crippen molar-refractivity contribution in [2.24, 2.45) is 0 Å². The summed E-state index contributed by atoms with van der Waals surface area (Å²) in [6.45, 7) is 3.17. The summed E-state index contributed by atoms with van der Waals surface area (Å²) in [4.78, 5) is 14.8. The van der Waals surface area contributed by atoms with Crippen molar-refractivity contribution in [1.29, 1.82) is 0 Å². The first-order valence-electron chi connectivity index (χ1n) is 7.64. The van der Waals surface area contributed by atoms with Gasteiger partial charge in [0.2, 0.25) is 12.1 Å². The van der Waals surface area contributed by atoms with E-state index in [0.717, 1.165) is 12.3 Å². The Labute approximate surface area is 146 Å². The molecule has 1 fully saturated rings. The summed E-state index contributed by atoms with van der Waals surface area (Å²) < 4.78 is 61.1. The number of alkyl halides is 2. The minimum atomic E-state index is -3.92. The molecule has 1 aliphatic rings. The zero-order valence-electron chi connectivity index (χ0n) is 13.9. The molecule has 1 aromatic heterocycles. The van der Waals surface area contributed by atoms with Gasteiger partial charge in [-0.15, -0.1) is 0 Å². The van der Waals surface area contributed by atoms with Crippen molar-refractivity contribution in [3.05, 3.63) is 22.7 Å². The maximum atomic E-state index is 14.3. The summed E-state index contributed by atoms with van der Waals surface area (Å²) >= 11 is 0. The van der Waals surface area contributed by atoms with Gasteiger partial charge in [-0.05, 0) is 13.8 Å². The van der Waals surface area contributed by atoms with E-state index >= 15 is 0 Å². The predicted octanol–water partition coefficient (Wildman–Crippen LogP) is 1.04. The van der Waals surface area contributed by atoms with Crippen LogP contribution in [0, 0.1) is 0 Å². The molecule has 3 unspecified atom stereocenters. The van der Waals surface area contributed by atoms with Gasteiger partial charge in [-0.25, -0.2) is 4.79 Å². The molecular formula is C13H19F2N2O8P. The fraction of sp³-hybridized carbons (Fsp3) is 0.692. The molecule has 0 bridgehead atoms.